The first-order valence-electron chi connectivity index (χ1n) is 5.13. The maximum absolute atomic E-state index is 14.2. The molecule has 1 atom stereocenters. The van der Waals surface area contributed by atoms with Gasteiger partial charge in [-0.15, -0.1) is 11.8 Å². The van der Waals surface area contributed by atoms with Crippen molar-refractivity contribution >= 4 is 11.8 Å². The van der Waals surface area contributed by atoms with E-state index in [1.165, 1.54) is 30.0 Å². The molecule has 0 spiro atoms. The van der Waals surface area contributed by atoms with E-state index in [2.05, 4.69) is 0 Å². The molecule has 1 aromatic rings. The summed E-state index contributed by atoms with van der Waals surface area (Å²) in [5.74, 6) is 0.782. The Bertz CT molecular complexity index is 413. The number of aliphatic hydroxyl groups is 1. The van der Waals surface area contributed by atoms with E-state index in [1.807, 2.05) is 30.3 Å². The molecule has 0 saturated heterocycles. The number of rotatable bonds is 3. The molecule has 16 heavy (non-hydrogen) atoms. The van der Waals surface area contributed by atoms with Gasteiger partial charge in [0.05, 0.1) is 0 Å². The van der Waals surface area contributed by atoms with Gasteiger partial charge in [-0.2, -0.15) is 0 Å². The average Bonchev–Trinajstić information content (AvgIpc) is 2.33. The van der Waals surface area contributed by atoms with E-state index in [4.69, 9.17) is 5.11 Å². The molecule has 3 heteroatoms. The minimum absolute atomic E-state index is 0.147. The van der Waals surface area contributed by atoms with Gasteiger partial charge in [0, 0.05) is 12.2 Å². The van der Waals surface area contributed by atoms with Crippen molar-refractivity contribution in [3.8, 4) is 0 Å². The van der Waals surface area contributed by atoms with Crippen LogP contribution in [-0.2, 0) is 5.75 Å². The van der Waals surface area contributed by atoms with Crippen LogP contribution in [0.3, 0.4) is 0 Å². The topological polar surface area (TPSA) is 20.2 Å². The lowest BCUT2D eigenvalue weighted by Crippen LogP contribution is -2.16. The van der Waals surface area contributed by atoms with Crippen LogP contribution in [0, 0.1) is 0 Å². The molecule has 0 fully saturated rings. The van der Waals surface area contributed by atoms with Gasteiger partial charge in [-0.05, 0) is 23.8 Å². The summed E-state index contributed by atoms with van der Waals surface area (Å²) in [5.41, 5.74) is 1.11. The SMILES string of the molecule is OC1=CCC(F)(SCc2ccccc2)C=C1. The second kappa shape index (κ2) is 4.74. The van der Waals surface area contributed by atoms with Crippen LogP contribution in [0.25, 0.3) is 0 Å². The fourth-order valence-electron chi connectivity index (χ4n) is 1.47. The summed E-state index contributed by atoms with van der Waals surface area (Å²) in [5, 5.41) is 7.74. The summed E-state index contributed by atoms with van der Waals surface area (Å²) >= 11 is 1.25. The number of hydrogen-bond donors (Lipinski definition) is 1. The summed E-state index contributed by atoms with van der Waals surface area (Å²) in [6.45, 7) is 0. The molecule has 0 bridgehead atoms. The quantitative estimate of drug-likeness (QED) is 0.856. The Kier molecular flexibility index (Phi) is 3.34. The molecule has 84 valence electrons. The molecule has 1 aromatic carbocycles. The number of halogens is 1. The van der Waals surface area contributed by atoms with E-state index in [9.17, 15) is 4.39 Å². The van der Waals surface area contributed by atoms with Gasteiger partial charge in [-0.3, -0.25) is 0 Å². The van der Waals surface area contributed by atoms with Gasteiger partial charge in [-0.1, -0.05) is 30.3 Å². The summed E-state index contributed by atoms with van der Waals surface area (Å²) in [6.07, 6.45) is 4.59. The Morgan fingerprint density at radius 2 is 2.06 bits per heavy atom. The van der Waals surface area contributed by atoms with Crippen LogP contribution < -0.4 is 0 Å². The maximum atomic E-state index is 14.2. The molecular weight excluding hydrogens is 223 g/mol. The second-order valence-corrected chi connectivity index (χ2v) is 4.98. The molecule has 0 radical (unpaired) electrons. The van der Waals surface area contributed by atoms with E-state index >= 15 is 0 Å². The normalized spacial score (nSPS) is 24.2. The molecular formula is C13H13FOS. The fraction of sp³-hybridized carbons (Fsp3) is 0.231. The number of benzene rings is 1. The number of aliphatic hydroxyl groups excluding tert-OH is 1. The number of thioether (sulfide) groups is 1. The van der Waals surface area contributed by atoms with Gasteiger partial charge in [0.15, 0.2) is 5.00 Å². The van der Waals surface area contributed by atoms with E-state index in [0.29, 0.717) is 5.75 Å². The molecule has 0 heterocycles. The highest BCUT2D eigenvalue weighted by atomic mass is 32.2. The van der Waals surface area contributed by atoms with Gasteiger partial charge in [0.2, 0.25) is 0 Å². The molecule has 1 N–H and O–H groups in total. The Labute approximate surface area is 98.7 Å². The smallest absolute Gasteiger partial charge is 0.178 e. The highest BCUT2D eigenvalue weighted by molar-refractivity contribution is 7.99. The third-order valence-electron chi connectivity index (χ3n) is 2.41. The van der Waals surface area contributed by atoms with Crippen molar-refractivity contribution < 1.29 is 9.50 Å². The van der Waals surface area contributed by atoms with Crippen LogP contribution in [0.1, 0.15) is 12.0 Å². The van der Waals surface area contributed by atoms with Crippen molar-refractivity contribution in [1.29, 1.82) is 0 Å². The Morgan fingerprint density at radius 3 is 2.69 bits per heavy atom. The molecule has 0 aliphatic heterocycles. The summed E-state index contributed by atoms with van der Waals surface area (Å²) in [6, 6.07) is 9.81. The predicted octanol–water partition coefficient (Wildman–Crippen LogP) is 3.99. The van der Waals surface area contributed by atoms with Crippen LogP contribution in [0.15, 0.2) is 54.3 Å². The zero-order valence-electron chi connectivity index (χ0n) is 8.77. The molecule has 1 nitrogen and oxygen atoms in total. The minimum Gasteiger partial charge on any atom is -0.508 e. The van der Waals surface area contributed by atoms with Crippen LogP contribution in [0.2, 0.25) is 0 Å². The predicted molar refractivity (Wildman–Crippen MR) is 66.0 cm³/mol. The lowest BCUT2D eigenvalue weighted by molar-refractivity contribution is 0.341. The van der Waals surface area contributed by atoms with Crippen molar-refractivity contribution in [1.82, 2.24) is 0 Å². The van der Waals surface area contributed by atoms with Crippen LogP contribution in [-0.4, -0.2) is 10.1 Å². The van der Waals surface area contributed by atoms with Gasteiger partial charge in [-0.25, -0.2) is 4.39 Å². The minimum atomic E-state index is -1.39. The molecule has 0 amide bonds. The first-order chi connectivity index (χ1) is 7.68. The van der Waals surface area contributed by atoms with E-state index < -0.39 is 5.00 Å². The van der Waals surface area contributed by atoms with Gasteiger partial charge < -0.3 is 5.11 Å². The molecule has 2 rings (SSSR count). The third-order valence-corrected chi connectivity index (χ3v) is 3.67. The average molecular weight is 236 g/mol. The molecule has 0 aromatic heterocycles. The Hall–Kier alpha value is -1.22. The van der Waals surface area contributed by atoms with Gasteiger partial charge in [0.25, 0.3) is 0 Å². The van der Waals surface area contributed by atoms with Crippen LogP contribution in [0.5, 0.6) is 0 Å². The van der Waals surface area contributed by atoms with Crippen LogP contribution in [0.4, 0.5) is 4.39 Å². The number of alkyl halides is 1. The largest absolute Gasteiger partial charge is 0.508 e. The molecule has 1 aliphatic rings. The lowest BCUT2D eigenvalue weighted by Gasteiger charge is -2.22. The van der Waals surface area contributed by atoms with Crippen molar-refractivity contribution in [2.45, 2.75) is 17.2 Å². The third kappa shape index (κ3) is 2.89. The summed E-state index contributed by atoms with van der Waals surface area (Å²) in [7, 11) is 0. The van der Waals surface area contributed by atoms with Crippen molar-refractivity contribution in [3.63, 3.8) is 0 Å². The van der Waals surface area contributed by atoms with Gasteiger partial charge in [0.1, 0.15) is 5.76 Å². The van der Waals surface area contributed by atoms with Crippen molar-refractivity contribution in [3.05, 3.63) is 59.9 Å². The van der Waals surface area contributed by atoms with E-state index in [0.717, 1.165) is 5.56 Å². The highest BCUT2D eigenvalue weighted by Gasteiger charge is 2.28. The standard InChI is InChI=1S/C13H13FOS/c14-13(8-6-12(15)7-9-13)16-10-11-4-2-1-3-5-11/h1-8,15H,9-10H2. The molecule has 1 aliphatic carbocycles. The molecule has 0 saturated carbocycles. The number of hydrogen-bond acceptors (Lipinski definition) is 2. The lowest BCUT2D eigenvalue weighted by atomic mass is 10.1. The maximum Gasteiger partial charge on any atom is 0.178 e. The number of allylic oxidation sites excluding steroid dienone is 2. The highest BCUT2D eigenvalue weighted by Crippen LogP contribution is 2.37. The van der Waals surface area contributed by atoms with Gasteiger partial charge >= 0.3 is 0 Å². The Balaban J connectivity index is 1.94. The first kappa shape index (κ1) is 11.3. The van der Waals surface area contributed by atoms with Crippen LogP contribution >= 0.6 is 11.8 Å². The second-order valence-electron chi connectivity index (χ2n) is 3.73. The fourth-order valence-corrected chi connectivity index (χ4v) is 2.44. The Morgan fingerprint density at radius 1 is 1.31 bits per heavy atom. The van der Waals surface area contributed by atoms with E-state index in [-0.39, 0.29) is 12.2 Å². The summed E-state index contributed by atoms with van der Waals surface area (Å²) < 4.78 is 14.2. The van der Waals surface area contributed by atoms with E-state index in [1.54, 1.807) is 0 Å². The first-order valence-corrected chi connectivity index (χ1v) is 6.12. The van der Waals surface area contributed by atoms with Crippen molar-refractivity contribution in [2.24, 2.45) is 0 Å². The zero-order valence-corrected chi connectivity index (χ0v) is 9.58. The van der Waals surface area contributed by atoms with Crippen molar-refractivity contribution in [2.75, 3.05) is 0 Å². The monoisotopic (exact) mass is 236 g/mol. The molecule has 1 unspecified atom stereocenters. The summed E-state index contributed by atoms with van der Waals surface area (Å²) in [4.78, 5) is 0. The zero-order chi connectivity index (χ0) is 11.4.